The minimum absolute atomic E-state index is 0.144. The van der Waals surface area contributed by atoms with Crippen LogP contribution in [0.5, 0.6) is 0 Å². The Balaban J connectivity index is 1.51. The number of pyridine rings is 1. The van der Waals surface area contributed by atoms with Crippen LogP contribution in [0.2, 0.25) is 0 Å². The lowest BCUT2D eigenvalue weighted by atomic mass is 10.1. The summed E-state index contributed by atoms with van der Waals surface area (Å²) in [6.07, 6.45) is 2.01. The summed E-state index contributed by atoms with van der Waals surface area (Å²) < 4.78 is 5.06. The number of hydrogen-bond donors (Lipinski definition) is 1. The van der Waals surface area contributed by atoms with E-state index < -0.39 is 24.0 Å². The van der Waals surface area contributed by atoms with Crippen molar-refractivity contribution in [3.8, 4) is 0 Å². The van der Waals surface area contributed by atoms with Gasteiger partial charge in [0.05, 0.1) is 16.6 Å². The lowest BCUT2D eigenvalue weighted by molar-refractivity contribution is -0.136. The van der Waals surface area contributed by atoms with E-state index >= 15 is 0 Å². The molecule has 0 aliphatic carbocycles. The minimum atomic E-state index is -0.843. The Labute approximate surface area is 167 Å². The number of aromatic nitrogens is 1. The van der Waals surface area contributed by atoms with Crippen LogP contribution in [0.1, 0.15) is 32.6 Å². The van der Waals surface area contributed by atoms with Crippen LogP contribution in [0.3, 0.4) is 0 Å². The van der Waals surface area contributed by atoms with Crippen LogP contribution in [0.15, 0.2) is 63.3 Å². The Bertz CT molecular complexity index is 1070. The molecule has 0 bridgehead atoms. The first-order valence-electron chi connectivity index (χ1n) is 8.45. The topological polar surface area (TPSA) is 91.8 Å². The van der Waals surface area contributed by atoms with E-state index in [0.29, 0.717) is 6.42 Å². The molecule has 0 spiro atoms. The number of esters is 1. The van der Waals surface area contributed by atoms with Crippen molar-refractivity contribution in [2.75, 3.05) is 6.61 Å². The second-order valence-electron chi connectivity index (χ2n) is 5.99. The molecule has 142 valence electrons. The second-order valence-corrected chi connectivity index (χ2v) is 7.91. The molecular formula is C19H15N3O4S2. The van der Waals surface area contributed by atoms with Crippen LogP contribution >= 0.6 is 22.7 Å². The third-order valence-electron chi connectivity index (χ3n) is 4.21. The van der Waals surface area contributed by atoms with Crippen LogP contribution in [0, 0.1) is 0 Å². The van der Waals surface area contributed by atoms with Crippen molar-refractivity contribution in [1.29, 1.82) is 0 Å². The summed E-state index contributed by atoms with van der Waals surface area (Å²) in [6.45, 7) is -0.490. The Morgan fingerprint density at radius 1 is 1.18 bits per heavy atom. The van der Waals surface area contributed by atoms with Gasteiger partial charge >= 0.3 is 5.97 Å². The van der Waals surface area contributed by atoms with Crippen molar-refractivity contribution in [2.24, 2.45) is 5.10 Å². The molecule has 1 atom stereocenters. The molecule has 3 aromatic heterocycles. The predicted molar refractivity (Wildman–Crippen MR) is 107 cm³/mol. The van der Waals surface area contributed by atoms with E-state index in [1.807, 2.05) is 35.0 Å². The van der Waals surface area contributed by atoms with Gasteiger partial charge in [0.1, 0.15) is 5.56 Å². The molecule has 0 radical (unpaired) electrons. The first-order chi connectivity index (χ1) is 13.6. The Morgan fingerprint density at radius 2 is 2.00 bits per heavy atom. The molecule has 0 aromatic carbocycles. The Hall–Kier alpha value is -3.04. The van der Waals surface area contributed by atoms with Crippen molar-refractivity contribution < 1.29 is 14.3 Å². The smallest absolute Gasteiger partial charge is 0.344 e. The van der Waals surface area contributed by atoms with E-state index in [1.54, 1.807) is 22.7 Å². The zero-order chi connectivity index (χ0) is 19.5. The lowest BCUT2D eigenvalue weighted by Crippen LogP contribution is -2.31. The van der Waals surface area contributed by atoms with Gasteiger partial charge in [-0.1, -0.05) is 12.1 Å². The maximum atomic E-state index is 12.8. The van der Waals surface area contributed by atoms with Gasteiger partial charge in [-0.2, -0.15) is 5.10 Å². The van der Waals surface area contributed by atoms with Crippen LogP contribution in [0.25, 0.3) is 0 Å². The largest absolute Gasteiger partial charge is 0.452 e. The molecule has 9 heteroatoms. The van der Waals surface area contributed by atoms with Crippen LogP contribution in [0.4, 0.5) is 0 Å². The molecular weight excluding hydrogens is 398 g/mol. The van der Waals surface area contributed by atoms with Gasteiger partial charge in [-0.3, -0.25) is 9.59 Å². The van der Waals surface area contributed by atoms with E-state index in [-0.39, 0.29) is 11.6 Å². The zero-order valence-corrected chi connectivity index (χ0v) is 16.2. The Morgan fingerprint density at radius 3 is 2.71 bits per heavy atom. The standard InChI is InChI=1S/C19H15N3O4S2/c23-17(11-26-19(25)12-4-1-7-20-18(12)24)22-14(16-6-3-9-28-16)10-13(21-22)15-5-2-8-27-15/h1-9,14H,10-11H2,(H,20,24)/t14-/m0/s1. The monoisotopic (exact) mass is 413 g/mol. The number of nitrogens with one attached hydrogen (secondary N) is 1. The molecule has 1 aliphatic rings. The van der Waals surface area contributed by atoms with Gasteiger partial charge in [0.15, 0.2) is 6.61 Å². The van der Waals surface area contributed by atoms with E-state index in [4.69, 9.17) is 4.74 Å². The second kappa shape index (κ2) is 7.91. The molecule has 1 aliphatic heterocycles. The molecule has 7 nitrogen and oxygen atoms in total. The molecule has 0 fully saturated rings. The molecule has 1 N–H and O–H groups in total. The summed E-state index contributed by atoms with van der Waals surface area (Å²) in [5, 5.41) is 9.78. The van der Waals surface area contributed by atoms with Gasteiger partial charge in [0.2, 0.25) is 0 Å². The highest BCUT2D eigenvalue weighted by molar-refractivity contribution is 7.12. The number of amides is 1. The maximum absolute atomic E-state index is 12.8. The number of rotatable bonds is 5. The number of hydrogen-bond acceptors (Lipinski definition) is 7. The number of carbonyl (C=O) groups is 2. The molecule has 0 saturated carbocycles. The summed E-state index contributed by atoms with van der Waals surface area (Å²) in [6, 6.07) is 10.4. The van der Waals surface area contributed by atoms with Crippen molar-refractivity contribution in [3.05, 3.63) is 79.0 Å². The number of hydrazone groups is 1. The summed E-state index contributed by atoms with van der Waals surface area (Å²) in [7, 11) is 0. The van der Waals surface area contributed by atoms with Gasteiger partial charge in [-0.05, 0) is 35.0 Å². The zero-order valence-electron chi connectivity index (χ0n) is 14.5. The number of thiophene rings is 2. The number of nitrogens with zero attached hydrogens (tertiary/aromatic N) is 2. The molecule has 28 heavy (non-hydrogen) atoms. The Kier molecular flexibility index (Phi) is 5.18. The van der Waals surface area contributed by atoms with Gasteiger partial charge in [-0.25, -0.2) is 9.80 Å². The van der Waals surface area contributed by atoms with Gasteiger partial charge in [0.25, 0.3) is 11.5 Å². The van der Waals surface area contributed by atoms with E-state index in [0.717, 1.165) is 15.5 Å². The van der Waals surface area contributed by atoms with Crippen LogP contribution in [-0.4, -0.2) is 34.2 Å². The number of aromatic amines is 1. The fourth-order valence-corrected chi connectivity index (χ4v) is 4.42. The quantitative estimate of drug-likeness (QED) is 0.651. The summed E-state index contributed by atoms with van der Waals surface area (Å²) >= 11 is 3.11. The van der Waals surface area contributed by atoms with Crippen molar-refractivity contribution >= 4 is 40.3 Å². The van der Waals surface area contributed by atoms with Gasteiger partial charge in [0, 0.05) is 17.5 Å². The average molecular weight is 413 g/mol. The predicted octanol–water partition coefficient (Wildman–Crippen LogP) is 3.03. The number of H-pyrrole nitrogens is 1. The summed E-state index contributed by atoms with van der Waals surface area (Å²) in [4.78, 5) is 40.9. The molecule has 0 saturated heterocycles. The minimum Gasteiger partial charge on any atom is -0.452 e. The highest BCUT2D eigenvalue weighted by Crippen LogP contribution is 2.35. The number of ether oxygens (including phenoxy) is 1. The fraction of sp³-hybridized carbons (Fsp3) is 0.158. The summed E-state index contributed by atoms with van der Waals surface area (Å²) in [5.74, 6) is -1.28. The van der Waals surface area contributed by atoms with E-state index in [9.17, 15) is 14.4 Å². The highest BCUT2D eigenvalue weighted by atomic mass is 32.1. The molecule has 3 aromatic rings. The van der Waals surface area contributed by atoms with E-state index in [2.05, 4.69) is 10.1 Å². The summed E-state index contributed by atoms with van der Waals surface area (Å²) in [5.41, 5.74) is 0.123. The highest BCUT2D eigenvalue weighted by Gasteiger charge is 2.34. The fourth-order valence-electron chi connectivity index (χ4n) is 2.89. The molecule has 4 rings (SSSR count). The molecule has 0 unspecified atom stereocenters. The third-order valence-corrected chi connectivity index (χ3v) is 6.10. The number of carbonyl (C=O) groups excluding carboxylic acids is 2. The maximum Gasteiger partial charge on any atom is 0.344 e. The molecule has 1 amide bonds. The lowest BCUT2D eigenvalue weighted by Gasteiger charge is -2.20. The average Bonchev–Trinajstić information content (AvgIpc) is 3.46. The van der Waals surface area contributed by atoms with Crippen molar-refractivity contribution in [3.63, 3.8) is 0 Å². The molecule has 4 heterocycles. The van der Waals surface area contributed by atoms with Crippen molar-refractivity contribution in [1.82, 2.24) is 9.99 Å². The SMILES string of the molecule is O=C(OCC(=O)N1N=C(c2cccs2)C[C@H]1c1cccs1)c1ccc[nH]c1=O. The third kappa shape index (κ3) is 3.67. The van der Waals surface area contributed by atoms with Gasteiger partial charge in [-0.15, -0.1) is 22.7 Å². The van der Waals surface area contributed by atoms with Crippen molar-refractivity contribution in [2.45, 2.75) is 12.5 Å². The first kappa shape index (κ1) is 18.3. The first-order valence-corrected chi connectivity index (χ1v) is 10.2. The normalized spacial score (nSPS) is 16.1. The van der Waals surface area contributed by atoms with E-state index in [1.165, 1.54) is 23.3 Å². The van der Waals surface area contributed by atoms with Crippen LogP contribution < -0.4 is 5.56 Å². The van der Waals surface area contributed by atoms with Crippen LogP contribution in [-0.2, 0) is 9.53 Å². The van der Waals surface area contributed by atoms with Gasteiger partial charge < -0.3 is 9.72 Å².